The number of hydrogen-bond donors (Lipinski definition) is 2. The smallest absolute Gasteiger partial charge is 0.334 e. The first-order valence-electron chi connectivity index (χ1n) is 5.66. The largest absolute Gasteiger partial charge is 0.457 e. The van der Waals surface area contributed by atoms with Crippen LogP contribution in [0.15, 0.2) is 11.6 Å². The van der Waals surface area contributed by atoms with Gasteiger partial charge in [-0.3, -0.25) is 4.79 Å². The topological polar surface area (TPSA) is 81.4 Å². The van der Waals surface area contributed by atoms with Gasteiger partial charge in [0.05, 0.1) is 0 Å². The first kappa shape index (κ1) is 15.6. The predicted octanol–water partition coefficient (Wildman–Crippen LogP) is 0.739. The van der Waals surface area contributed by atoms with Crippen LogP contribution in [-0.4, -0.2) is 30.6 Å². The Labute approximate surface area is 102 Å². The molecule has 0 aromatic rings. The molecule has 1 amide bonds. The molecule has 0 aliphatic carbocycles. The number of ether oxygens (including phenoxy) is 1. The van der Waals surface area contributed by atoms with Crippen molar-refractivity contribution < 1.29 is 14.3 Å². The van der Waals surface area contributed by atoms with Crippen LogP contribution in [0.4, 0.5) is 0 Å². The van der Waals surface area contributed by atoms with E-state index in [1.807, 2.05) is 0 Å². The summed E-state index contributed by atoms with van der Waals surface area (Å²) in [6, 6.07) is 0. The normalized spacial score (nSPS) is 12.2. The molecule has 0 saturated heterocycles. The monoisotopic (exact) mass is 242 g/mol. The molecule has 17 heavy (non-hydrogen) atoms. The summed E-state index contributed by atoms with van der Waals surface area (Å²) in [5.41, 5.74) is 5.02. The van der Waals surface area contributed by atoms with E-state index in [1.54, 1.807) is 27.7 Å². The molecule has 0 spiro atoms. The lowest BCUT2D eigenvalue weighted by atomic mass is 10.2. The van der Waals surface area contributed by atoms with Gasteiger partial charge in [0.1, 0.15) is 5.60 Å². The zero-order valence-electron chi connectivity index (χ0n) is 11.0. The molecule has 0 aliphatic rings. The third-order valence-corrected chi connectivity index (χ3v) is 1.75. The SMILES string of the molecule is CC(=CC(=O)NCCCN)C(=O)OC(C)(C)C. The number of nitrogens with one attached hydrogen (secondary N) is 1. The van der Waals surface area contributed by atoms with Crippen LogP contribution in [0.1, 0.15) is 34.1 Å². The molecular weight excluding hydrogens is 220 g/mol. The molecule has 0 aromatic carbocycles. The van der Waals surface area contributed by atoms with Gasteiger partial charge >= 0.3 is 5.97 Å². The fraction of sp³-hybridized carbons (Fsp3) is 0.667. The van der Waals surface area contributed by atoms with E-state index in [4.69, 9.17) is 10.5 Å². The molecule has 0 unspecified atom stereocenters. The highest BCUT2D eigenvalue weighted by Crippen LogP contribution is 2.10. The van der Waals surface area contributed by atoms with Gasteiger partial charge in [0.25, 0.3) is 0 Å². The Hall–Kier alpha value is -1.36. The summed E-state index contributed by atoms with van der Waals surface area (Å²) in [5, 5.41) is 2.63. The van der Waals surface area contributed by atoms with Gasteiger partial charge in [-0.1, -0.05) is 0 Å². The Balaban J connectivity index is 4.24. The Morgan fingerprint density at radius 2 is 1.94 bits per heavy atom. The van der Waals surface area contributed by atoms with Crippen LogP contribution in [0.5, 0.6) is 0 Å². The van der Waals surface area contributed by atoms with Gasteiger partial charge in [0.2, 0.25) is 5.91 Å². The van der Waals surface area contributed by atoms with Crippen LogP contribution < -0.4 is 11.1 Å². The molecule has 0 aliphatic heterocycles. The van der Waals surface area contributed by atoms with Crippen molar-refractivity contribution >= 4 is 11.9 Å². The van der Waals surface area contributed by atoms with E-state index in [2.05, 4.69) is 5.32 Å². The third kappa shape index (κ3) is 8.45. The molecule has 3 N–H and O–H groups in total. The molecule has 0 radical (unpaired) electrons. The van der Waals surface area contributed by atoms with Crippen LogP contribution in [0.25, 0.3) is 0 Å². The predicted molar refractivity (Wildman–Crippen MR) is 66.3 cm³/mol. The molecule has 0 heterocycles. The van der Waals surface area contributed by atoms with Crippen molar-refractivity contribution in [3.63, 3.8) is 0 Å². The summed E-state index contributed by atoms with van der Waals surface area (Å²) in [6.45, 7) is 7.91. The molecule has 0 rings (SSSR count). The minimum Gasteiger partial charge on any atom is -0.457 e. The maximum atomic E-state index is 11.5. The lowest BCUT2D eigenvalue weighted by Gasteiger charge is -2.19. The van der Waals surface area contributed by atoms with Crippen molar-refractivity contribution in [2.45, 2.75) is 39.7 Å². The van der Waals surface area contributed by atoms with Crippen LogP contribution in [0.2, 0.25) is 0 Å². The van der Waals surface area contributed by atoms with E-state index in [9.17, 15) is 9.59 Å². The second-order valence-electron chi connectivity index (χ2n) is 4.76. The van der Waals surface area contributed by atoms with Gasteiger partial charge in [0, 0.05) is 18.2 Å². The van der Waals surface area contributed by atoms with Crippen LogP contribution in [-0.2, 0) is 14.3 Å². The molecule has 0 saturated carbocycles. The minimum atomic E-state index is -0.553. The first-order valence-corrected chi connectivity index (χ1v) is 5.66. The summed E-state index contributed by atoms with van der Waals surface area (Å²) >= 11 is 0. The summed E-state index contributed by atoms with van der Waals surface area (Å²) in [7, 11) is 0. The second kappa shape index (κ2) is 7.06. The van der Waals surface area contributed by atoms with Crippen molar-refractivity contribution in [1.82, 2.24) is 5.32 Å². The summed E-state index contributed by atoms with van der Waals surface area (Å²) in [5.74, 6) is -0.784. The van der Waals surface area contributed by atoms with Gasteiger partial charge in [-0.15, -0.1) is 0 Å². The van der Waals surface area contributed by atoms with E-state index in [0.717, 1.165) is 0 Å². The lowest BCUT2D eigenvalue weighted by molar-refractivity contribution is -0.150. The molecule has 0 atom stereocenters. The number of rotatable bonds is 5. The zero-order valence-corrected chi connectivity index (χ0v) is 11.0. The van der Waals surface area contributed by atoms with Gasteiger partial charge < -0.3 is 15.8 Å². The molecule has 0 bridgehead atoms. The Bertz CT molecular complexity index is 303. The van der Waals surface area contributed by atoms with Gasteiger partial charge in [-0.25, -0.2) is 4.79 Å². The minimum absolute atomic E-state index is 0.283. The van der Waals surface area contributed by atoms with Gasteiger partial charge in [-0.05, 0) is 40.7 Å². The average Bonchev–Trinajstić information content (AvgIpc) is 2.15. The highest BCUT2D eigenvalue weighted by molar-refractivity contribution is 5.98. The van der Waals surface area contributed by atoms with E-state index < -0.39 is 11.6 Å². The quantitative estimate of drug-likeness (QED) is 0.423. The standard InChI is InChI=1S/C12H22N2O3/c1-9(11(16)17-12(2,3)4)8-10(15)14-7-5-6-13/h8H,5-7,13H2,1-4H3,(H,14,15). The highest BCUT2D eigenvalue weighted by Gasteiger charge is 2.17. The Kier molecular flexibility index (Phi) is 6.50. The van der Waals surface area contributed by atoms with Crippen molar-refractivity contribution in [2.75, 3.05) is 13.1 Å². The molecule has 0 aromatic heterocycles. The average molecular weight is 242 g/mol. The van der Waals surface area contributed by atoms with E-state index in [0.29, 0.717) is 19.5 Å². The van der Waals surface area contributed by atoms with Crippen LogP contribution in [0, 0.1) is 0 Å². The van der Waals surface area contributed by atoms with Gasteiger partial charge in [-0.2, -0.15) is 0 Å². The molecule has 5 nitrogen and oxygen atoms in total. The lowest BCUT2D eigenvalue weighted by Crippen LogP contribution is -2.27. The molecule has 98 valence electrons. The van der Waals surface area contributed by atoms with Gasteiger partial charge in [0.15, 0.2) is 0 Å². The summed E-state index contributed by atoms with van der Waals surface area (Å²) in [4.78, 5) is 22.9. The maximum Gasteiger partial charge on any atom is 0.334 e. The van der Waals surface area contributed by atoms with E-state index >= 15 is 0 Å². The second-order valence-corrected chi connectivity index (χ2v) is 4.76. The molecular formula is C12H22N2O3. The Morgan fingerprint density at radius 1 is 1.35 bits per heavy atom. The highest BCUT2D eigenvalue weighted by atomic mass is 16.6. The molecule has 5 heteroatoms. The first-order chi connectivity index (χ1) is 7.76. The number of amides is 1. The fourth-order valence-corrected chi connectivity index (χ4v) is 0.979. The number of carbonyl (C=O) groups is 2. The van der Waals surface area contributed by atoms with E-state index in [1.165, 1.54) is 6.08 Å². The van der Waals surface area contributed by atoms with Crippen LogP contribution in [0.3, 0.4) is 0 Å². The van der Waals surface area contributed by atoms with Crippen molar-refractivity contribution in [2.24, 2.45) is 5.73 Å². The van der Waals surface area contributed by atoms with Crippen molar-refractivity contribution in [3.8, 4) is 0 Å². The number of esters is 1. The van der Waals surface area contributed by atoms with E-state index in [-0.39, 0.29) is 11.5 Å². The van der Waals surface area contributed by atoms with Crippen molar-refractivity contribution in [1.29, 1.82) is 0 Å². The van der Waals surface area contributed by atoms with Crippen LogP contribution >= 0.6 is 0 Å². The summed E-state index contributed by atoms with van der Waals surface area (Å²) in [6.07, 6.45) is 1.95. The van der Waals surface area contributed by atoms with Crippen molar-refractivity contribution in [3.05, 3.63) is 11.6 Å². The Morgan fingerprint density at radius 3 is 2.41 bits per heavy atom. The fourth-order valence-electron chi connectivity index (χ4n) is 0.979. The maximum absolute atomic E-state index is 11.5. The number of hydrogen-bond acceptors (Lipinski definition) is 4. The number of nitrogens with two attached hydrogens (primary N) is 1. The molecule has 0 fully saturated rings. The third-order valence-electron chi connectivity index (χ3n) is 1.75. The number of carbonyl (C=O) groups excluding carboxylic acids is 2. The summed E-state index contributed by atoms with van der Waals surface area (Å²) < 4.78 is 5.12. The zero-order chi connectivity index (χ0) is 13.5.